The van der Waals surface area contributed by atoms with Crippen LogP contribution in [0.5, 0.6) is 5.75 Å². The largest absolute Gasteiger partial charge is 0.462 e. The van der Waals surface area contributed by atoms with Gasteiger partial charge < -0.3 is 24.8 Å². The van der Waals surface area contributed by atoms with Crippen molar-refractivity contribution in [1.29, 1.82) is 0 Å². The zero-order chi connectivity index (χ0) is 16.6. The summed E-state index contributed by atoms with van der Waals surface area (Å²) in [6.45, 7) is 3.34. The molecule has 1 aromatic heterocycles. The molecule has 0 bridgehead atoms. The lowest BCUT2D eigenvalue weighted by atomic mass is 9.92. The SMILES string of the molecule is Cc1ccnc2c(O[C@@H]3OC(CO)[C@H](O)[C@H](O)C3C)cccc12. The highest BCUT2D eigenvalue weighted by Crippen LogP contribution is 2.31. The number of hydrogen-bond donors (Lipinski definition) is 3. The van der Waals surface area contributed by atoms with E-state index in [1.165, 1.54) is 0 Å². The Morgan fingerprint density at radius 2 is 2.00 bits per heavy atom. The molecule has 5 atom stereocenters. The van der Waals surface area contributed by atoms with Crippen LogP contribution in [0.2, 0.25) is 0 Å². The molecule has 6 nitrogen and oxygen atoms in total. The summed E-state index contributed by atoms with van der Waals surface area (Å²) >= 11 is 0. The highest BCUT2D eigenvalue weighted by atomic mass is 16.7. The molecule has 2 unspecified atom stereocenters. The molecule has 2 heterocycles. The van der Waals surface area contributed by atoms with Crippen molar-refractivity contribution in [3.8, 4) is 5.75 Å². The Balaban J connectivity index is 1.91. The van der Waals surface area contributed by atoms with Gasteiger partial charge in [0.05, 0.1) is 12.7 Å². The summed E-state index contributed by atoms with van der Waals surface area (Å²) in [6.07, 6.45) is -2.11. The molecule has 0 spiro atoms. The van der Waals surface area contributed by atoms with Gasteiger partial charge in [-0.3, -0.25) is 4.98 Å². The van der Waals surface area contributed by atoms with Gasteiger partial charge in [-0.15, -0.1) is 0 Å². The maximum Gasteiger partial charge on any atom is 0.205 e. The van der Waals surface area contributed by atoms with Crippen LogP contribution in [0.25, 0.3) is 10.9 Å². The summed E-state index contributed by atoms with van der Waals surface area (Å²) in [5, 5.41) is 30.3. The van der Waals surface area contributed by atoms with Gasteiger partial charge in [0.15, 0.2) is 0 Å². The van der Waals surface area contributed by atoms with Gasteiger partial charge in [-0.1, -0.05) is 19.1 Å². The fourth-order valence-electron chi connectivity index (χ4n) is 2.86. The second-order valence-corrected chi connectivity index (χ2v) is 5.96. The summed E-state index contributed by atoms with van der Waals surface area (Å²) in [7, 11) is 0. The summed E-state index contributed by atoms with van der Waals surface area (Å²) in [6, 6.07) is 7.55. The predicted octanol–water partition coefficient (Wildman–Crippen LogP) is 0.997. The molecule has 1 aromatic carbocycles. The highest BCUT2D eigenvalue weighted by molar-refractivity contribution is 5.86. The van der Waals surface area contributed by atoms with E-state index in [-0.39, 0.29) is 0 Å². The second-order valence-electron chi connectivity index (χ2n) is 5.96. The Hall–Kier alpha value is -1.73. The Morgan fingerprint density at radius 1 is 1.22 bits per heavy atom. The lowest BCUT2D eigenvalue weighted by Gasteiger charge is -2.40. The van der Waals surface area contributed by atoms with Crippen LogP contribution in [0, 0.1) is 12.8 Å². The molecule has 6 heteroatoms. The molecule has 1 aliphatic heterocycles. The summed E-state index contributed by atoms with van der Waals surface area (Å²) in [5.41, 5.74) is 1.80. The number of aliphatic hydroxyl groups is 3. The van der Waals surface area contributed by atoms with Crippen LogP contribution >= 0.6 is 0 Å². The zero-order valence-corrected chi connectivity index (χ0v) is 13.1. The molecule has 2 aromatic rings. The number of hydrogen-bond acceptors (Lipinski definition) is 6. The van der Waals surface area contributed by atoms with Gasteiger partial charge >= 0.3 is 0 Å². The van der Waals surface area contributed by atoms with Crippen molar-refractivity contribution in [3.05, 3.63) is 36.0 Å². The molecule has 1 aliphatic rings. The predicted molar refractivity (Wildman–Crippen MR) is 84.0 cm³/mol. The van der Waals surface area contributed by atoms with Crippen molar-refractivity contribution >= 4 is 10.9 Å². The highest BCUT2D eigenvalue weighted by Gasteiger charge is 2.43. The molecule has 3 rings (SSSR count). The standard InChI is InChI=1S/C17H21NO5/c1-9-6-7-18-14-11(9)4-3-5-12(14)22-17-10(2)15(20)16(21)13(8-19)23-17/h3-7,10,13,15-17,19-21H,8H2,1-2H3/t10?,13?,15-,16+,17-/m1/s1. The average molecular weight is 319 g/mol. The molecular weight excluding hydrogens is 298 g/mol. The van der Waals surface area contributed by atoms with Crippen LogP contribution < -0.4 is 4.74 Å². The molecular formula is C17H21NO5. The van der Waals surface area contributed by atoms with E-state index in [1.807, 2.05) is 25.1 Å². The lowest BCUT2D eigenvalue weighted by Crippen LogP contribution is -2.56. The molecule has 1 saturated heterocycles. The summed E-state index contributed by atoms with van der Waals surface area (Å²) < 4.78 is 11.5. The number of pyridine rings is 1. The number of aryl methyl sites for hydroxylation is 1. The molecule has 0 radical (unpaired) electrons. The third kappa shape index (κ3) is 2.90. The molecule has 0 amide bonds. The van der Waals surface area contributed by atoms with Gasteiger partial charge in [0.1, 0.15) is 23.5 Å². The Morgan fingerprint density at radius 3 is 2.74 bits per heavy atom. The van der Waals surface area contributed by atoms with Crippen LogP contribution in [0.15, 0.2) is 30.5 Å². The number of aliphatic hydroxyl groups excluding tert-OH is 3. The normalized spacial score (nSPS) is 31.3. The van der Waals surface area contributed by atoms with E-state index in [2.05, 4.69) is 4.98 Å². The molecule has 3 N–H and O–H groups in total. The zero-order valence-electron chi connectivity index (χ0n) is 13.1. The first-order valence-corrected chi connectivity index (χ1v) is 7.66. The molecule has 23 heavy (non-hydrogen) atoms. The monoisotopic (exact) mass is 319 g/mol. The number of benzene rings is 1. The van der Waals surface area contributed by atoms with Crippen molar-refractivity contribution in [1.82, 2.24) is 4.98 Å². The number of fused-ring (bicyclic) bond motifs is 1. The fourth-order valence-corrected chi connectivity index (χ4v) is 2.86. The van der Waals surface area contributed by atoms with Crippen LogP contribution in [0.1, 0.15) is 12.5 Å². The number of aromatic nitrogens is 1. The van der Waals surface area contributed by atoms with Crippen molar-refractivity contribution in [2.45, 2.75) is 38.4 Å². The van der Waals surface area contributed by atoms with Gasteiger partial charge in [0.25, 0.3) is 0 Å². The van der Waals surface area contributed by atoms with Gasteiger partial charge in [0, 0.05) is 17.5 Å². The molecule has 0 aliphatic carbocycles. The number of rotatable bonds is 3. The van der Waals surface area contributed by atoms with E-state index in [1.54, 1.807) is 19.2 Å². The van der Waals surface area contributed by atoms with E-state index in [4.69, 9.17) is 9.47 Å². The average Bonchev–Trinajstić information content (AvgIpc) is 2.56. The van der Waals surface area contributed by atoms with Crippen molar-refractivity contribution in [3.63, 3.8) is 0 Å². The first-order chi connectivity index (χ1) is 11.0. The van der Waals surface area contributed by atoms with E-state index < -0.39 is 37.1 Å². The third-order valence-corrected chi connectivity index (χ3v) is 4.38. The number of para-hydroxylation sites is 1. The van der Waals surface area contributed by atoms with Gasteiger partial charge in [-0.25, -0.2) is 0 Å². The van der Waals surface area contributed by atoms with Gasteiger partial charge in [-0.2, -0.15) is 0 Å². The minimum atomic E-state index is -1.14. The molecule has 0 saturated carbocycles. The van der Waals surface area contributed by atoms with Crippen LogP contribution in [0.4, 0.5) is 0 Å². The Kier molecular flexibility index (Phi) is 4.50. The van der Waals surface area contributed by atoms with E-state index in [0.29, 0.717) is 11.3 Å². The minimum Gasteiger partial charge on any atom is -0.462 e. The topological polar surface area (TPSA) is 92.0 Å². The lowest BCUT2D eigenvalue weighted by molar-refractivity contribution is -0.256. The fraction of sp³-hybridized carbons (Fsp3) is 0.471. The number of nitrogens with zero attached hydrogens (tertiary/aromatic N) is 1. The molecule has 124 valence electrons. The first kappa shape index (κ1) is 16.1. The van der Waals surface area contributed by atoms with E-state index in [9.17, 15) is 15.3 Å². The Labute approximate surface area is 134 Å². The molecule has 1 fully saturated rings. The van der Waals surface area contributed by atoms with Crippen molar-refractivity contribution in [2.75, 3.05) is 6.61 Å². The van der Waals surface area contributed by atoms with E-state index >= 15 is 0 Å². The maximum absolute atomic E-state index is 10.1. The van der Waals surface area contributed by atoms with Crippen LogP contribution in [-0.4, -0.2) is 51.5 Å². The second kappa shape index (κ2) is 6.41. The van der Waals surface area contributed by atoms with Crippen molar-refractivity contribution in [2.24, 2.45) is 5.92 Å². The quantitative estimate of drug-likeness (QED) is 0.781. The number of ether oxygens (including phenoxy) is 2. The van der Waals surface area contributed by atoms with E-state index in [0.717, 1.165) is 10.9 Å². The third-order valence-electron chi connectivity index (χ3n) is 4.38. The van der Waals surface area contributed by atoms with Gasteiger partial charge in [0.2, 0.25) is 6.29 Å². The van der Waals surface area contributed by atoms with Crippen LogP contribution in [-0.2, 0) is 4.74 Å². The van der Waals surface area contributed by atoms with Crippen LogP contribution in [0.3, 0.4) is 0 Å². The maximum atomic E-state index is 10.1. The minimum absolute atomic E-state index is 0.391. The Bertz CT molecular complexity index is 690. The van der Waals surface area contributed by atoms with Gasteiger partial charge in [-0.05, 0) is 24.6 Å². The summed E-state index contributed by atoms with van der Waals surface area (Å²) in [4.78, 5) is 4.36. The smallest absolute Gasteiger partial charge is 0.205 e. The van der Waals surface area contributed by atoms with Crippen molar-refractivity contribution < 1.29 is 24.8 Å². The summed E-state index contributed by atoms with van der Waals surface area (Å²) in [5.74, 6) is 0.0937. The first-order valence-electron chi connectivity index (χ1n) is 7.66.